The molecule has 1 heterocycles. The lowest BCUT2D eigenvalue weighted by Crippen LogP contribution is -2.30. The molecule has 2 rings (SSSR count). The van der Waals surface area contributed by atoms with E-state index < -0.39 is 0 Å². The monoisotopic (exact) mass is 260 g/mol. The molecule has 0 aliphatic heterocycles. The van der Waals surface area contributed by atoms with Gasteiger partial charge in [0.25, 0.3) is 0 Å². The van der Waals surface area contributed by atoms with Crippen LogP contribution in [0.2, 0.25) is 0 Å². The van der Waals surface area contributed by atoms with E-state index in [1.807, 2.05) is 42.1 Å². The van der Waals surface area contributed by atoms with Gasteiger partial charge in [-0.3, -0.25) is 5.84 Å². The minimum absolute atomic E-state index is 0.125. The first-order chi connectivity index (χ1) is 9.26. The molecule has 0 amide bonds. The predicted molar refractivity (Wildman–Crippen MR) is 74.6 cm³/mol. The van der Waals surface area contributed by atoms with Crippen LogP contribution in [0.25, 0.3) is 0 Å². The molecule has 2 aromatic rings. The molecule has 1 aromatic carbocycles. The van der Waals surface area contributed by atoms with Gasteiger partial charge < -0.3 is 9.30 Å². The molecular formula is C14H20N4O. The third-order valence-corrected chi connectivity index (χ3v) is 2.97. The number of hydrogen-bond acceptors (Lipinski definition) is 4. The number of ether oxygens (including phenoxy) is 1. The number of aryl methyl sites for hydroxylation is 1. The molecule has 5 nitrogen and oxygen atoms in total. The molecule has 0 aliphatic rings. The van der Waals surface area contributed by atoms with Gasteiger partial charge in [-0.2, -0.15) is 0 Å². The van der Waals surface area contributed by atoms with Gasteiger partial charge in [-0.1, -0.05) is 19.1 Å². The zero-order valence-corrected chi connectivity index (χ0v) is 11.3. The number of nitrogens with two attached hydrogens (primary N) is 1. The first kappa shape index (κ1) is 13.6. The summed E-state index contributed by atoms with van der Waals surface area (Å²) in [5.74, 6) is 7.40. The summed E-state index contributed by atoms with van der Waals surface area (Å²) in [7, 11) is 1.95. The van der Waals surface area contributed by atoms with Gasteiger partial charge in [0.05, 0.1) is 6.61 Å². The molecule has 0 saturated heterocycles. The van der Waals surface area contributed by atoms with Crippen LogP contribution in [0.5, 0.6) is 5.75 Å². The van der Waals surface area contributed by atoms with Crippen LogP contribution in [-0.2, 0) is 7.05 Å². The molecular weight excluding hydrogens is 240 g/mol. The van der Waals surface area contributed by atoms with Gasteiger partial charge >= 0.3 is 0 Å². The number of rotatable bonds is 6. The third-order valence-electron chi connectivity index (χ3n) is 2.97. The molecule has 0 aliphatic carbocycles. The highest BCUT2D eigenvalue weighted by atomic mass is 16.5. The molecule has 19 heavy (non-hydrogen) atoms. The number of imidazole rings is 1. The quantitative estimate of drug-likeness (QED) is 0.613. The molecule has 0 saturated carbocycles. The van der Waals surface area contributed by atoms with E-state index in [0.29, 0.717) is 0 Å². The summed E-state index contributed by atoms with van der Waals surface area (Å²) in [6, 6.07) is 7.80. The van der Waals surface area contributed by atoms with Gasteiger partial charge in [-0.25, -0.2) is 10.4 Å². The molecule has 3 N–H and O–H groups in total. The number of nitrogens with zero attached hydrogens (tertiary/aromatic N) is 2. The van der Waals surface area contributed by atoms with Gasteiger partial charge in [-0.15, -0.1) is 0 Å². The van der Waals surface area contributed by atoms with Crippen LogP contribution in [0, 0.1) is 0 Å². The Balaban J connectivity index is 2.18. The average molecular weight is 260 g/mol. The average Bonchev–Trinajstić information content (AvgIpc) is 2.85. The van der Waals surface area contributed by atoms with Crippen LogP contribution in [-0.4, -0.2) is 16.2 Å². The van der Waals surface area contributed by atoms with Gasteiger partial charge in [0.2, 0.25) is 0 Å². The van der Waals surface area contributed by atoms with Crippen molar-refractivity contribution in [2.45, 2.75) is 19.4 Å². The van der Waals surface area contributed by atoms with E-state index in [2.05, 4.69) is 17.3 Å². The van der Waals surface area contributed by atoms with Gasteiger partial charge in [-0.05, 0) is 24.1 Å². The summed E-state index contributed by atoms with van der Waals surface area (Å²) in [5, 5.41) is 0. The molecule has 1 aromatic heterocycles. The van der Waals surface area contributed by atoms with Crippen LogP contribution >= 0.6 is 0 Å². The Kier molecular flexibility index (Phi) is 4.54. The maximum atomic E-state index is 5.65. The van der Waals surface area contributed by atoms with Crippen molar-refractivity contribution in [2.75, 3.05) is 6.61 Å². The smallest absolute Gasteiger partial charge is 0.131 e. The fraction of sp³-hybridized carbons (Fsp3) is 0.357. The summed E-state index contributed by atoms with van der Waals surface area (Å²) in [5.41, 5.74) is 3.86. The van der Waals surface area contributed by atoms with Crippen molar-refractivity contribution in [2.24, 2.45) is 12.9 Å². The van der Waals surface area contributed by atoms with Crippen molar-refractivity contribution in [1.29, 1.82) is 0 Å². The Morgan fingerprint density at radius 3 is 2.63 bits per heavy atom. The van der Waals surface area contributed by atoms with E-state index in [1.165, 1.54) is 0 Å². The molecule has 0 spiro atoms. The van der Waals surface area contributed by atoms with Crippen LogP contribution in [0.1, 0.15) is 30.8 Å². The third kappa shape index (κ3) is 3.13. The van der Waals surface area contributed by atoms with Crippen molar-refractivity contribution in [3.63, 3.8) is 0 Å². The van der Waals surface area contributed by atoms with Crippen LogP contribution < -0.4 is 16.0 Å². The first-order valence-corrected chi connectivity index (χ1v) is 6.42. The van der Waals surface area contributed by atoms with Crippen LogP contribution in [0.15, 0.2) is 36.7 Å². The molecule has 0 radical (unpaired) electrons. The van der Waals surface area contributed by atoms with Crippen molar-refractivity contribution in [3.05, 3.63) is 48.0 Å². The highest BCUT2D eigenvalue weighted by Gasteiger charge is 2.16. The maximum Gasteiger partial charge on any atom is 0.131 e. The van der Waals surface area contributed by atoms with E-state index in [1.54, 1.807) is 6.20 Å². The summed E-state index contributed by atoms with van der Waals surface area (Å²) >= 11 is 0. The Labute approximate surface area is 113 Å². The van der Waals surface area contributed by atoms with E-state index in [-0.39, 0.29) is 6.04 Å². The molecule has 0 fully saturated rings. The fourth-order valence-electron chi connectivity index (χ4n) is 1.95. The van der Waals surface area contributed by atoms with Crippen LogP contribution in [0.4, 0.5) is 0 Å². The second-order valence-corrected chi connectivity index (χ2v) is 4.41. The second-order valence-electron chi connectivity index (χ2n) is 4.41. The minimum Gasteiger partial charge on any atom is -0.494 e. The summed E-state index contributed by atoms with van der Waals surface area (Å²) in [6.45, 7) is 2.82. The highest BCUT2D eigenvalue weighted by Crippen LogP contribution is 2.22. The van der Waals surface area contributed by atoms with Gasteiger partial charge in [0.15, 0.2) is 0 Å². The van der Waals surface area contributed by atoms with Crippen molar-refractivity contribution < 1.29 is 4.74 Å². The molecule has 5 heteroatoms. The second kappa shape index (κ2) is 6.36. The maximum absolute atomic E-state index is 5.65. The van der Waals surface area contributed by atoms with Gasteiger partial charge in [0, 0.05) is 19.4 Å². The summed E-state index contributed by atoms with van der Waals surface area (Å²) < 4.78 is 7.52. The predicted octanol–water partition coefficient (Wildman–Crippen LogP) is 1.76. The Morgan fingerprint density at radius 1 is 1.37 bits per heavy atom. The molecule has 1 unspecified atom stereocenters. The van der Waals surface area contributed by atoms with Crippen molar-refractivity contribution in [1.82, 2.24) is 15.0 Å². The van der Waals surface area contributed by atoms with E-state index in [4.69, 9.17) is 10.6 Å². The van der Waals surface area contributed by atoms with Crippen molar-refractivity contribution >= 4 is 0 Å². The van der Waals surface area contributed by atoms with E-state index >= 15 is 0 Å². The van der Waals surface area contributed by atoms with E-state index in [0.717, 1.165) is 30.2 Å². The van der Waals surface area contributed by atoms with E-state index in [9.17, 15) is 0 Å². The zero-order valence-electron chi connectivity index (χ0n) is 11.3. The van der Waals surface area contributed by atoms with Crippen LogP contribution in [0.3, 0.4) is 0 Å². The van der Waals surface area contributed by atoms with Gasteiger partial charge in [0.1, 0.15) is 17.6 Å². The summed E-state index contributed by atoms with van der Waals surface area (Å²) in [6.07, 6.45) is 4.67. The SMILES string of the molecule is CCCOc1ccc(C(NN)c2nccn2C)cc1. The Hall–Kier alpha value is -1.85. The molecule has 102 valence electrons. The number of nitrogens with one attached hydrogen (secondary N) is 1. The largest absolute Gasteiger partial charge is 0.494 e. The lowest BCUT2D eigenvalue weighted by Gasteiger charge is -2.16. The normalized spacial score (nSPS) is 12.4. The summed E-state index contributed by atoms with van der Waals surface area (Å²) in [4.78, 5) is 4.32. The number of hydrogen-bond donors (Lipinski definition) is 2. The fourth-order valence-corrected chi connectivity index (χ4v) is 1.95. The zero-order chi connectivity index (χ0) is 13.7. The standard InChI is InChI=1S/C14H20N4O/c1-3-10-19-12-6-4-11(5-7-12)13(17-15)14-16-8-9-18(14)2/h4-9,13,17H,3,10,15H2,1-2H3. The molecule has 1 atom stereocenters. The minimum atomic E-state index is -0.125. The highest BCUT2D eigenvalue weighted by molar-refractivity contribution is 5.32. The number of aromatic nitrogens is 2. The topological polar surface area (TPSA) is 65.1 Å². The lowest BCUT2D eigenvalue weighted by molar-refractivity contribution is 0.317. The Morgan fingerprint density at radius 2 is 2.11 bits per heavy atom. The Bertz CT molecular complexity index is 506. The lowest BCUT2D eigenvalue weighted by atomic mass is 10.1. The molecule has 0 bridgehead atoms. The first-order valence-electron chi connectivity index (χ1n) is 6.42. The number of hydrazine groups is 1. The van der Waals surface area contributed by atoms with Crippen molar-refractivity contribution in [3.8, 4) is 5.75 Å². The number of benzene rings is 1.